The summed E-state index contributed by atoms with van der Waals surface area (Å²) in [5, 5.41) is 0.244. The van der Waals surface area contributed by atoms with Gasteiger partial charge in [-0.1, -0.05) is 59.6 Å². The number of rotatable bonds is 3. The van der Waals surface area contributed by atoms with Crippen LogP contribution in [0.2, 0.25) is 10.0 Å². The highest BCUT2D eigenvalue weighted by molar-refractivity contribution is 7.90. The SMILES string of the molecule is O=C(NS(=O)(=O)c1cc(Cl)cc(Cl)c1)C1Oc2ccccc2Cc2ccccc2O1. The monoisotopic (exact) mass is 463 g/mol. The second-order valence-electron chi connectivity index (χ2n) is 6.53. The summed E-state index contributed by atoms with van der Waals surface area (Å²) in [7, 11) is -4.26. The molecule has 1 heterocycles. The number of benzene rings is 3. The van der Waals surface area contributed by atoms with Gasteiger partial charge in [-0.3, -0.25) is 4.79 Å². The lowest BCUT2D eigenvalue weighted by Gasteiger charge is -2.25. The fourth-order valence-corrected chi connectivity index (χ4v) is 4.72. The summed E-state index contributed by atoms with van der Waals surface area (Å²) in [5.74, 6) is -0.136. The van der Waals surface area contributed by atoms with Crippen molar-refractivity contribution in [2.24, 2.45) is 0 Å². The molecule has 3 aromatic rings. The zero-order valence-electron chi connectivity index (χ0n) is 15.3. The molecule has 0 radical (unpaired) electrons. The van der Waals surface area contributed by atoms with E-state index in [2.05, 4.69) is 0 Å². The lowest BCUT2D eigenvalue weighted by molar-refractivity contribution is -0.138. The number of carbonyl (C=O) groups excluding carboxylic acids is 1. The number of amides is 1. The first kappa shape index (κ1) is 20.5. The van der Waals surface area contributed by atoms with Crippen molar-refractivity contribution in [3.8, 4) is 11.5 Å². The van der Waals surface area contributed by atoms with E-state index in [-0.39, 0.29) is 14.9 Å². The van der Waals surface area contributed by atoms with Gasteiger partial charge in [0.05, 0.1) is 4.90 Å². The molecule has 6 nitrogen and oxygen atoms in total. The van der Waals surface area contributed by atoms with E-state index in [1.165, 1.54) is 18.2 Å². The molecule has 0 fully saturated rings. The maximum atomic E-state index is 12.8. The largest absolute Gasteiger partial charge is 0.446 e. The highest BCUT2D eigenvalue weighted by Gasteiger charge is 2.31. The molecule has 1 amide bonds. The lowest BCUT2D eigenvalue weighted by atomic mass is 10.0. The summed E-state index contributed by atoms with van der Waals surface area (Å²) >= 11 is 11.8. The Kier molecular flexibility index (Phi) is 5.60. The van der Waals surface area contributed by atoms with Crippen molar-refractivity contribution in [1.82, 2.24) is 4.72 Å². The molecule has 4 rings (SSSR count). The van der Waals surface area contributed by atoms with Crippen LogP contribution in [-0.4, -0.2) is 20.6 Å². The Bertz CT molecular complexity index is 1160. The summed E-state index contributed by atoms with van der Waals surface area (Å²) in [6, 6.07) is 18.1. The van der Waals surface area contributed by atoms with E-state index in [9.17, 15) is 13.2 Å². The Hall–Kier alpha value is -2.74. The highest BCUT2D eigenvalue weighted by Crippen LogP contribution is 2.31. The van der Waals surface area contributed by atoms with Crippen molar-refractivity contribution < 1.29 is 22.7 Å². The van der Waals surface area contributed by atoms with Gasteiger partial charge in [0.25, 0.3) is 10.0 Å². The van der Waals surface area contributed by atoms with Crippen LogP contribution in [0.1, 0.15) is 11.1 Å². The second-order valence-corrected chi connectivity index (χ2v) is 9.09. The van der Waals surface area contributed by atoms with Gasteiger partial charge >= 0.3 is 12.2 Å². The number of ether oxygens (including phenoxy) is 2. The fourth-order valence-electron chi connectivity index (χ4n) is 3.02. The molecule has 0 aromatic heterocycles. The van der Waals surface area contributed by atoms with E-state index in [0.29, 0.717) is 17.9 Å². The fraction of sp³-hybridized carbons (Fsp3) is 0.0952. The zero-order chi connectivity index (χ0) is 21.3. The molecule has 0 saturated carbocycles. The van der Waals surface area contributed by atoms with Crippen LogP contribution in [-0.2, 0) is 21.2 Å². The summed E-state index contributed by atoms with van der Waals surface area (Å²) < 4.78 is 38.8. The van der Waals surface area contributed by atoms with E-state index in [4.69, 9.17) is 32.7 Å². The van der Waals surface area contributed by atoms with Crippen LogP contribution in [0.15, 0.2) is 71.6 Å². The molecule has 3 aromatic carbocycles. The van der Waals surface area contributed by atoms with Crippen LogP contribution in [0.25, 0.3) is 0 Å². The summed E-state index contributed by atoms with van der Waals surface area (Å²) in [5.41, 5.74) is 1.69. The summed E-state index contributed by atoms with van der Waals surface area (Å²) in [6.45, 7) is 0. The van der Waals surface area contributed by atoms with Gasteiger partial charge in [0.15, 0.2) is 0 Å². The number of para-hydroxylation sites is 2. The molecule has 1 aliphatic rings. The van der Waals surface area contributed by atoms with Crippen LogP contribution in [0, 0.1) is 0 Å². The molecule has 0 aliphatic carbocycles. The number of fused-ring (bicyclic) bond motifs is 2. The van der Waals surface area contributed by atoms with Gasteiger partial charge in [-0.15, -0.1) is 0 Å². The Morgan fingerprint density at radius 2 is 1.37 bits per heavy atom. The van der Waals surface area contributed by atoms with Gasteiger partial charge in [-0.25, -0.2) is 13.1 Å². The third-order valence-corrected chi connectivity index (χ3v) is 6.15. The molecular formula is C21H15Cl2NO5S. The van der Waals surface area contributed by atoms with Gasteiger partial charge in [-0.05, 0) is 41.5 Å². The van der Waals surface area contributed by atoms with E-state index in [1.54, 1.807) is 24.3 Å². The smallest absolute Gasteiger partial charge is 0.322 e. The molecule has 1 N–H and O–H groups in total. The van der Waals surface area contributed by atoms with Crippen molar-refractivity contribution in [3.05, 3.63) is 87.9 Å². The first-order valence-corrected chi connectivity index (χ1v) is 11.1. The minimum Gasteiger partial charge on any atom is -0.446 e. The predicted octanol–water partition coefficient (Wildman–Crippen LogP) is 4.19. The molecule has 0 bridgehead atoms. The van der Waals surface area contributed by atoms with Crippen molar-refractivity contribution >= 4 is 39.1 Å². The average molecular weight is 464 g/mol. The van der Waals surface area contributed by atoms with E-state index in [0.717, 1.165) is 11.1 Å². The van der Waals surface area contributed by atoms with E-state index >= 15 is 0 Å². The molecule has 9 heteroatoms. The molecule has 0 atom stereocenters. The Labute approximate surface area is 183 Å². The highest BCUT2D eigenvalue weighted by atomic mass is 35.5. The molecular weight excluding hydrogens is 449 g/mol. The van der Waals surface area contributed by atoms with Crippen LogP contribution >= 0.6 is 23.2 Å². The molecule has 0 spiro atoms. The number of hydrogen-bond donors (Lipinski definition) is 1. The normalized spacial score (nSPS) is 13.7. The van der Waals surface area contributed by atoms with Crippen LogP contribution in [0.4, 0.5) is 0 Å². The van der Waals surface area contributed by atoms with Crippen molar-refractivity contribution in [3.63, 3.8) is 0 Å². The van der Waals surface area contributed by atoms with Crippen LogP contribution in [0.5, 0.6) is 11.5 Å². The van der Waals surface area contributed by atoms with E-state index in [1.807, 2.05) is 29.0 Å². The Morgan fingerprint density at radius 1 is 0.867 bits per heavy atom. The Morgan fingerprint density at radius 3 is 1.90 bits per heavy atom. The first-order chi connectivity index (χ1) is 14.3. The van der Waals surface area contributed by atoms with Gasteiger partial charge < -0.3 is 9.47 Å². The summed E-state index contributed by atoms with van der Waals surface area (Å²) in [4.78, 5) is 12.6. The van der Waals surface area contributed by atoms with E-state index < -0.39 is 22.2 Å². The molecule has 0 saturated heterocycles. The van der Waals surface area contributed by atoms with Crippen LogP contribution in [0.3, 0.4) is 0 Å². The number of hydrogen-bond acceptors (Lipinski definition) is 5. The van der Waals surface area contributed by atoms with Crippen molar-refractivity contribution in [2.45, 2.75) is 17.6 Å². The minimum absolute atomic E-state index is 0.122. The number of halogens is 2. The lowest BCUT2D eigenvalue weighted by Crippen LogP contribution is -2.45. The zero-order valence-corrected chi connectivity index (χ0v) is 17.7. The molecule has 0 unspecified atom stereocenters. The van der Waals surface area contributed by atoms with Crippen molar-refractivity contribution in [1.29, 1.82) is 0 Å². The van der Waals surface area contributed by atoms with Crippen molar-refractivity contribution in [2.75, 3.05) is 0 Å². The third-order valence-electron chi connectivity index (χ3n) is 4.39. The minimum atomic E-state index is -4.26. The summed E-state index contributed by atoms with van der Waals surface area (Å²) in [6.07, 6.45) is -0.989. The molecule has 1 aliphatic heterocycles. The third kappa shape index (κ3) is 4.38. The number of carbonyl (C=O) groups is 1. The predicted molar refractivity (Wildman–Crippen MR) is 113 cm³/mol. The van der Waals surface area contributed by atoms with Gasteiger partial charge in [0, 0.05) is 16.5 Å². The maximum Gasteiger partial charge on any atom is 0.322 e. The van der Waals surface area contributed by atoms with Gasteiger partial charge in [-0.2, -0.15) is 0 Å². The number of sulfonamides is 1. The Balaban J connectivity index is 1.66. The molecule has 30 heavy (non-hydrogen) atoms. The maximum absolute atomic E-state index is 12.8. The van der Waals surface area contributed by atoms with Crippen LogP contribution < -0.4 is 14.2 Å². The number of nitrogens with one attached hydrogen (secondary N) is 1. The van der Waals surface area contributed by atoms with Gasteiger partial charge in [0.2, 0.25) is 0 Å². The topological polar surface area (TPSA) is 81.7 Å². The second kappa shape index (κ2) is 8.18. The molecule has 154 valence electrons. The first-order valence-electron chi connectivity index (χ1n) is 8.84. The standard InChI is InChI=1S/C21H15Cl2NO5S/c22-15-10-16(23)12-17(11-15)30(26,27)24-20(25)21-28-18-7-3-1-5-13(18)9-14-6-2-4-8-19(14)29-21/h1-8,10-12,21H,9H2,(H,24,25). The average Bonchev–Trinajstić information content (AvgIpc) is 2.67. The van der Waals surface area contributed by atoms with Gasteiger partial charge in [0.1, 0.15) is 11.5 Å². The quantitative estimate of drug-likeness (QED) is 0.629.